The molecule has 0 saturated carbocycles. The summed E-state index contributed by atoms with van der Waals surface area (Å²) in [7, 11) is 0. The van der Waals surface area contributed by atoms with Crippen LogP contribution in [-0.2, 0) is 11.2 Å². The van der Waals surface area contributed by atoms with Crippen LogP contribution in [0.1, 0.15) is 41.6 Å². The Kier molecular flexibility index (Phi) is 4.31. The lowest BCUT2D eigenvalue weighted by Gasteiger charge is -2.27. The van der Waals surface area contributed by atoms with Crippen molar-refractivity contribution in [2.75, 3.05) is 6.54 Å². The quantitative estimate of drug-likeness (QED) is 0.912. The number of hydrogen-bond donors (Lipinski definition) is 2. The molecular weight excluding hydrogens is 282 g/mol. The van der Waals surface area contributed by atoms with Gasteiger partial charge in [-0.2, -0.15) is 0 Å². The summed E-state index contributed by atoms with van der Waals surface area (Å²) >= 11 is 1.58. The number of thiazole rings is 1. The van der Waals surface area contributed by atoms with Crippen molar-refractivity contribution in [2.24, 2.45) is 0 Å². The highest BCUT2D eigenvalue weighted by molar-refractivity contribution is 7.09. The Bertz CT molecular complexity index is 612. The van der Waals surface area contributed by atoms with Gasteiger partial charge in [-0.15, -0.1) is 11.3 Å². The van der Waals surface area contributed by atoms with E-state index in [1.54, 1.807) is 17.5 Å². The first-order valence-corrected chi connectivity index (χ1v) is 8.18. The first-order valence-electron chi connectivity index (χ1n) is 7.30. The fourth-order valence-electron chi connectivity index (χ4n) is 2.74. The Morgan fingerprint density at radius 1 is 1.52 bits per heavy atom. The molecular formula is C16H19N3OS. The third-order valence-electron chi connectivity index (χ3n) is 3.85. The molecule has 110 valence electrons. The molecule has 2 aromatic rings. The van der Waals surface area contributed by atoms with Crippen LogP contribution in [-0.4, -0.2) is 17.4 Å². The Morgan fingerprint density at radius 3 is 3.14 bits per heavy atom. The number of fused-ring (bicyclic) bond motifs is 1. The van der Waals surface area contributed by atoms with Crippen molar-refractivity contribution in [1.29, 1.82) is 0 Å². The summed E-state index contributed by atoms with van der Waals surface area (Å²) in [5, 5.41) is 9.36. The largest absolute Gasteiger partial charge is 0.345 e. The average Bonchev–Trinajstić information content (AvgIpc) is 3.06. The summed E-state index contributed by atoms with van der Waals surface area (Å²) in [5.74, 6) is 0.0317. The number of rotatable bonds is 4. The molecule has 2 heterocycles. The Labute approximate surface area is 128 Å². The van der Waals surface area contributed by atoms with E-state index in [1.165, 1.54) is 5.56 Å². The summed E-state index contributed by atoms with van der Waals surface area (Å²) in [6.07, 6.45) is 3.60. The lowest BCUT2D eigenvalue weighted by atomic mass is 9.94. The van der Waals surface area contributed by atoms with E-state index < -0.39 is 0 Å². The second-order valence-corrected chi connectivity index (χ2v) is 6.10. The number of hydrogen-bond acceptors (Lipinski definition) is 4. The van der Waals surface area contributed by atoms with E-state index in [0.717, 1.165) is 30.0 Å². The van der Waals surface area contributed by atoms with E-state index in [1.807, 2.05) is 23.6 Å². The van der Waals surface area contributed by atoms with Gasteiger partial charge in [0.2, 0.25) is 5.91 Å². The minimum Gasteiger partial charge on any atom is -0.345 e. The smallest absolute Gasteiger partial charge is 0.242 e. The second-order valence-electron chi connectivity index (χ2n) is 5.18. The third kappa shape index (κ3) is 2.99. The van der Waals surface area contributed by atoms with Crippen molar-refractivity contribution in [3.63, 3.8) is 0 Å². The molecule has 4 nitrogen and oxygen atoms in total. The molecule has 2 N–H and O–H groups in total. The lowest BCUT2D eigenvalue weighted by Crippen LogP contribution is -2.42. The van der Waals surface area contributed by atoms with Gasteiger partial charge in [0.1, 0.15) is 11.0 Å². The van der Waals surface area contributed by atoms with Gasteiger partial charge >= 0.3 is 0 Å². The van der Waals surface area contributed by atoms with E-state index in [-0.39, 0.29) is 18.0 Å². The first kappa shape index (κ1) is 14.2. The van der Waals surface area contributed by atoms with Gasteiger partial charge in [-0.25, -0.2) is 4.98 Å². The zero-order valence-electron chi connectivity index (χ0n) is 12.0. The molecule has 1 aliphatic heterocycles. The van der Waals surface area contributed by atoms with Gasteiger partial charge in [-0.05, 0) is 24.0 Å². The molecule has 0 aliphatic carbocycles. The van der Waals surface area contributed by atoms with Gasteiger partial charge in [0.05, 0.1) is 6.04 Å². The Hall–Kier alpha value is -1.72. The van der Waals surface area contributed by atoms with Gasteiger partial charge < -0.3 is 10.6 Å². The van der Waals surface area contributed by atoms with Crippen LogP contribution in [0.2, 0.25) is 0 Å². The summed E-state index contributed by atoms with van der Waals surface area (Å²) in [6.45, 7) is 2.90. The van der Waals surface area contributed by atoms with E-state index in [9.17, 15) is 4.79 Å². The molecule has 1 aromatic heterocycles. The van der Waals surface area contributed by atoms with Crippen molar-refractivity contribution in [1.82, 2.24) is 15.6 Å². The minimum absolute atomic E-state index is 0.00612. The van der Waals surface area contributed by atoms with E-state index in [4.69, 9.17) is 0 Å². The molecule has 0 spiro atoms. The van der Waals surface area contributed by atoms with Gasteiger partial charge in [-0.1, -0.05) is 31.2 Å². The van der Waals surface area contributed by atoms with Crippen molar-refractivity contribution in [3.8, 4) is 0 Å². The summed E-state index contributed by atoms with van der Waals surface area (Å²) < 4.78 is 0. The normalized spacial score (nSPS) is 18.8. The number of benzene rings is 1. The number of amides is 1. The number of nitrogens with one attached hydrogen (secondary N) is 2. The fraction of sp³-hybridized carbons (Fsp3) is 0.375. The average molecular weight is 301 g/mol. The van der Waals surface area contributed by atoms with Crippen LogP contribution in [0, 0.1) is 0 Å². The molecule has 1 aliphatic rings. The lowest BCUT2D eigenvalue weighted by molar-refractivity contribution is -0.124. The van der Waals surface area contributed by atoms with Crippen LogP contribution in [0.5, 0.6) is 0 Å². The molecule has 3 rings (SSSR count). The standard InChI is InChI=1S/C16H19N3OS/c1-2-13(16-18-9-10-21-16)19-15(20)14-12-6-4-3-5-11(12)7-8-17-14/h3-6,9-10,13-14,17H,2,7-8H2,1H3,(H,19,20). The highest BCUT2D eigenvalue weighted by Crippen LogP contribution is 2.25. The topological polar surface area (TPSA) is 54.0 Å². The van der Waals surface area contributed by atoms with Crippen LogP contribution < -0.4 is 10.6 Å². The van der Waals surface area contributed by atoms with Crippen molar-refractivity contribution < 1.29 is 4.79 Å². The van der Waals surface area contributed by atoms with E-state index in [2.05, 4.69) is 28.6 Å². The molecule has 0 radical (unpaired) electrons. The zero-order valence-corrected chi connectivity index (χ0v) is 12.8. The highest BCUT2D eigenvalue weighted by atomic mass is 32.1. The van der Waals surface area contributed by atoms with E-state index in [0.29, 0.717) is 0 Å². The van der Waals surface area contributed by atoms with Crippen LogP contribution in [0.15, 0.2) is 35.8 Å². The predicted octanol–water partition coefficient (Wildman–Crippen LogP) is 2.60. The summed E-state index contributed by atoms with van der Waals surface area (Å²) in [6, 6.07) is 7.90. The number of carbonyl (C=O) groups is 1. The molecule has 2 unspecified atom stereocenters. The molecule has 5 heteroatoms. The fourth-order valence-corrected chi connectivity index (χ4v) is 3.51. The second kappa shape index (κ2) is 6.37. The minimum atomic E-state index is -0.260. The van der Waals surface area contributed by atoms with Crippen LogP contribution in [0.3, 0.4) is 0 Å². The monoisotopic (exact) mass is 301 g/mol. The predicted molar refractivity (Wildman–Crippen MR) is 84.2 cm³/mol. The van der Waals surface area contributed by atoms with Crippen LogP contribution in [0.25, 0.3) is 0 Å². The highest BCUT2D eigenvalue weighted by Gasteiger charge is 2.27. The van der Waals surface area contributed by atoms with Crippen LogP contribution in [0.4, 0.5) is 0 Å². The zero-order chi connectivity index (χ0) is 14.7. The molecule has 1 aromatic carbocycles. The number of aromatic nitrogens is 1. The summed E-state index contributed by atoms with van der Waals surface area (Å²) in [5.41, 5.74) is 2.36. The van der Waals surface area contributed by atoms with Crippen LogP contribution >= 0.6 is 11.3 Å². The molecule has 1 amide bonds. The molecule has 0 fully saturated rings. The maximum Gasteiger partial charge on any atom is 0.242 e. The summed E-state index contributed by atoms with van der Waals surface area (Å²) in [4.78, 5) is 16.9. The molecule has 0 bridgehead atoms. The van der Waals surface area contributed by atoms with Crippen molar-refractivity contribution in [3.05, 3.63) is 52.0 Å². The van der Waals surface area contributed by atoms with Gasteiger partial charge in [-0.3, -0.25) is 4.79 Å². The molecule has 2 atom stereocenters. The molecule has 0 saturated heterocycles. The Morgan fingerprint density at radius 2 is 2.38 bits per heavy atom. The van der Waals surface area contributed by atoms with Gasteiger partial charge in [0.15, 0.2) is 0 Å². The van der Waals surface area contributed by atoms with Crippen molar-refractivity contribution in [2.45, 2.75) is 31.8 Å². The first-order chi connectivity index (χ1) is 10.3. The van der Waals surface area contributed by atoms with Crippen molar-refractivity contribution >= 4 is 17.2 Å². The number of carbonyl (C=O) groups excluding carboxylic acids is 1. The molecule has 21 heavy (non-hydrogen) atoms. The number of nitrogens with zero attached hydrogens (tertiary/aromatic N) is 1. The van der Waals surface area contributed by atoms with Gasteiger partial charge in [0.25, 0.3) is 0 Å². The van der Waals surface area contributed by atoms with Gasteiger partial charge in [0, 0.05) is 18.1 Å². The maximum absolute atomic E-state index is 12.6. The SMILES string of the molecule is CCC(NC(=O)C1NCCc2ccccc21)c1nccs1. The van der Waals surface area contributed by atoms with E-state index >= 15 is 0 Å². The third-order valence-corrected chi connectivity index (χ3v) is 4.73. The maximum atomic E-state index is 12.6. The Balaban J connectivity index is 1.77.